The van der Waals surface area contributed by atoms with E-state index in [0.717, 1.165) is 10.2 Å². The number of nitrogens with one attached hydrogen (secondary N) is 3. The summed E-state index contributed by atoms with van der Waals surface area (Å²) in [5.74, 6) is -0.804. The summed E-state index contributed by atoms with van der Waals surface area (Å²) in [6.45, 7) is 3.34. The van der Waals surface area contributed by atoms with Gasteiger partial charge < -0.3 is 25.5 Å². The number of aromatic nitrogens is 2. The number of carbonyl (C=O) groups is 2. The van der Waals surface area contributed by atoms with E-state index in [0.29, 0.717) is 37.5 Å². The SMILES string of the molecule is CCC(Nc1c(Nc2cccc(C(=O)N3CCN(C(=O)c4cccs4)CC3)c2O)c(=O)n(C)[nH]c1=O)c1ccccc1. The Labute approximate surface area is 246 Å². The van der Waals surface area contributed by atoms with E-state index in [4.69, 9.17) is 0 Å². The van der Waals surface area contributed by atoms with Crippen molar-refractivity contribution in [1.29, 1.82) is 0 Å². The molecule has 2 aromatic heterocycles. The van der Waals surface area contributed by atoms with Gasteiger partial charge in [-0.05, 0) is 35.6 Å². The molecule has 1 saturated heterocycles. The molecule has 1 unspecified atom stereocenters. The number of H-pyrrole nitrogens is 1. The maximum Gasteiger partial charge on any atom is 0.290 e. The zero-order valence-electron chi connectivity index (χ0n) is 23.3. The summed E-state index contributed by atoms with van der Waals surface area (Å²) in [6.07, 6.45) is 0.638. The van der Waals surface area contributed by atoms with Gasteiger partial charge in [0.25, 0.3) is 22.9 Å². The molecule has 4 N–H and O–H groups in total. The average molecular weight is 589 g/mol. The molecule has 11 nitrogen and oxygen atoms in total. The van der Waals surface area contributed by atoms with Crippen LogP contribution in [0.25, 0.3) is 0 Å². The molecule has 12 heteroatoms. The first-order valence-electron chi connectivity index (χ1n) is 13.6. The number of phenolic OH excluding ortho intramolecular Hbond substituents is 1. The second-order valence-corrected chi connectivity index (χ2v) is 10.9. The first-order valence-corrected chi connectivity index (χ1v) is 14.5. The number of anilines is 3. The Balaban J connectivity index is 1.38. The van der Waals surface area contributed by atoms with E-state index in [-0.39, 0.29) is 40.3 Å². The van der Waals surface area contributed by atoms with Gasteiger partial charge in [-0.3, -0.25) is 29.0 Å². The Morgan fingerprint density at radius 1 is 0.929 bits per heavy atom. The molecule has 1 aliphatic heterocycles. The minimum absolute atomic E-state index is 0.0245. The summed E-state index contributed by atoms with van der Waals surface area (Å²) in [6, 6.07) is 17.5. The Hall–Kier alpha value is -4.84. The van der Waals surface area contributed by atoms with Crippen molar-refractivity contribution in [2.24, 2.45) is 7.05 Å². The van der Waals surface area contributed by atoms with Crippen LogP contribution in [0.4, 0.5) is 17.1 Å². The number of aromatic hydroxyl groups is 1. The van der Waals surface area contributed by atoms with E-state index in [2.05, 4.69) is 15.7 Å². The van der Waals surface area contributed by atoms with Gasteiger partial charge in [-0.25, -0.2) is 0 Å². The van der Waals surface area contributed by atoms with Gasteiger partial charge in [-0.1, -0.05) is 49.4 Å². The van der Waals surface area contributed by atoms with E-state index in [1.807, 2.05) is 48.7 Å². The third-order valence-electron chi connectivity index (χ3n) is 7.31. The molecule has 0 spiro atoms. The number of nitrogens with zero attached hydrogens (tertiary/aromatic N) is 3. The second-order valence-electron chi connectivity index (χ2n) is 9.96. The molecular formula is C30H32N6O5S. The van der Waals surface area contributed by atoms with Gasteiger partial charge in [0.05, 0.1) is 22.2 Å². The topological polar surface area (TPSA) is 140 Å². The lowest BCUT2D eigenvalue weighted by molar-refractivity contribution is 0.0536. The second kappa shape index (κ2) is 12.4. The molecule has 2 amide bonds. The van der Waals surface area contributed by atoms with Gasteiger partial charge in [0.15, 0.2) is 5.75 Å². The average Bonchev–Trinajstić information content (AvgIpc) is 3.56. The van der Waals surface area contributed by atoms with E-state index in [9.17, 15) is 24.3 Å². The van der Waals surface area contributed by atoms with Crippen LogP contribution in [0.5, 0.6) is 5.75 Å². The predicted octanol–water partition coefficient (Wildman–Crippen LogP) is 3.75. The van der Waals surface area contributed by atoms with Crippen LogP contribution < -0.4 is 21.8 Å². The summed E-state index contributed by atoms with van der Waals surface area (Å²) in [4.78, 5) is 56.3. The van der Waals surface area contributed by atoms with E-state index < -0.39 is 17.0 Å². The largest absolute Gasteiger partial charge is 0.505 e. The van der Waals surface area contributed by atoms with Gasteiger partial charge in [0.1, 0.15) is 11.4 Å². The monoisotopic (exact) mass is 588 g/mol. The van der Waals surface area contributed by atoms with Crippen LogP contribution in [0.3, 0.4) is 0 Å². The molecule has 5 rings (SSSR count). The number of hydrogen-bond acceptors (Lipinski definition) is 8. The van der Waals surface area contributed by atoms with Crippen molar-refractivity contribution in [3.63, 3.8) is 0 Å². The van der Waals surface area contributed by atoms with Crippen LogP contribution in [-0.4, -0.2) is 62.7 Å². The summed E-state index contributed by atoms with van der Waals surface area (Å²) >= 11 is 1.38. The molecular weight excluding hydrogens is 556 g/mol. The predicted molar refractivity (Wildman–Crippen MR) is 163 cm³/mol. The highest BCUT2D eigenvalue weighted by Gasteiger charge is 2.28. The van der Waals surface area contributed by atoms with Crippen LogP contribution in [0.15, 0.2) is 75.6 Å². The third kappa shape index (κ3) is 5.79. The summed E-state index contributed by atoms with van der Waals surface area (Å²) in [7, 11) is 1.43. The smallest absolute Gasteiger partial charge is 0.290 e. The number of rotatable bonds is 8. The number of piperazine rings is 1. The molecule has 1 aliphatic rings. The van der Waals surface area contributed by atoms with Gasteiger partial charge >= 0.3 is 0 Å². The highest BCUT2D eigenvalue weighted by molar-refractivity contribution is 7.12. The number of carbonyl (C=O) groups excluding carboxylic acids is 2. The number of hydrogen-bond donors (Lipinski definition) is 4. The molecule has 0 bridgehead atoms. The molecule has 0 aliphatic carbocycles. The van der Waals surface area contributed by atoms with Crippen molar-refractivity contribution in [2.45, 2.75) is 19.4 Å². The molecule has 1 atom stereocenters. The fourth-order valence-corrected chi connectivity index (χ4v) is 5.66. The minimum Gasteiger partial charge on any atom is -0.505 e. The summed E-state index contributed by atoms with van der Waals surface area (Å²) < 4.78 is 1.06. The number of aromatic amines is 1. The van der Waals surface area contributed by atoms with Crippen molar-refractivity contribution in [1.82, 2.24) is 19.6 Å². The number of amides is 2. The maximum atomic E-state index is 13.4. The lowest BCUT2D eigenvalue weighted by Gasteiger charge is -2.34. The third-order valence-corrected chi connectivity index (χ3v) is 8.16. The Morgan fingerprint density at radius 3 is 2.26 bits per heavy atom. The van der Waals surface area contributed by atoms with Gasteiger partial charge in [0.2, 0.25) is 0 Å². The van der Waals surface area contributed by atoms with E-state index in [1.165, 1.54) is 30.5 Å². The summed E-state index contributed by atoms with van der Waals surface area (Å²) in [5.41, 5.74) is 0.0143. The maximum absolute atomic E-state index is 13.4. The van der Waals surface area contributed by atoms with Crippen molar-refractivity contribution in [2.75, 3.05) is 36.8 Å². The van der Waals surface area contributed by atoms with Crippen LogP contribution in [0, 0.1) is 0 Å². The molecule has 2 aromatic carbocycles. The number of para-hydroxylation sites is 1. The highest BCUT2D eigenvalue weighted by atomic mass is 32.1. The van der Waals surface area contributed by atoms with Crippen LogP contribution in [0.2, 0.25) is 0 Å². The zero-order valence-corrected chi connectivity index (χ0v) is 24.1. The molecule has 4 aromatic rings. The molecule has 1 fully saturated rings. The van der Waals surface area contributed by atoms with E-state index in [1.54, 1.807) is 21.9 Å². The van der Waals surface area contributed by atoms with Gasteiger partial charge in [-0.15, -0.1) is 11.3 Å². The van der Waals surface area contributed by atoms with Crippen LogP contribution >= 0.6 is 11.3 Å². The lowest BCUT2D eigenvalue weighted by Crippen LogP contribution is -2.50. The van der Waals surface area contributed by atoms with Crippen molar-refractivity contribution < 1.29 is 14.7 Å². The van der Waals surface area contributed by atoms with Crippen molar-refractivity contribution in [3.8, 4) is 5.75 Å². The van der Waals surface area contributed by atoms with Crippen molar-refractivity contribution in [3.05, 3.63) is 103 Å². The fourth-order valence-electron chi connectivity index (χ4n) is 4.97. The first-order chi connectivity index (χ1) is 20.3. The van der Waals surface area contributed by atoms with Gasteiger partial charge in [-0.2, -0.15) is 0 Å². The number of aryl methyl sites for hydroxylation is 1. The molecule has 218 valence electrons. The fraction of sp³-hybridized carbons (Fsp3) is 0.267. The van der Waals surface area contributed by atoms with E-state index >= 15 is 0 Å². The van der Waals surface area contributed by atoms with Gasteiger partial charge in [0, 0.05) is 33.2 Å². The number of benzene rings is 2. The number of phenols is 1. The standard InChI is InChI=1S/C30H32N6O5S/c1-3-21(19-9-5-4-6-10-19)31-24-25(30(41)34(2)33-27(24)38)32-22-12-7-11-20(26(22)37)28(39)35-14-16-36(17-15-35)29(40)23-13-8-18-42-23/h4-13,18,21,31-32,37H,3,14-17H2,1-2H3,(H,33,38). The van der Waals surface area contributed by atoms with Crippen LogP contribution in [-0.2, 0) is 7.05 Å². The number of thiophene rings is 1. The van der Waals surface area contributed by atoms with Crippen molar-refractivity contribution >= 4 is 40.2 Å². The first kappa shape index (κ1) is 28.7. The summed E-state index contributed by atoms with van der Waals surface area (Å²) in [5, 5.41) is 21.6. The normalized spacial score (nSPS) is 14.0. The molecule has 0 saturated carbocycles. The zero-order chi connectivity index (χ0) is 29.8. The Morgan fingerprint density at radius 2 is 1.62 bits per heavy atom. The molecule has 0 radical (unpaired) electrons. The lowest BCUT2D eigenvalue weighted by atomic mass is 10.0. The van der Waals surface area contributed by atoms with Crippen LogP contribution in [0.1, 0.15) is 45.0 Å². The Bertz CT molecular complexity index is 1690. The highest BCUT2D eigenvalue weighted by Crippen LogP contribution is 2.33. The quantitative estimate of drug-likeness (QED) is 0.230. The molecule has 3 heterocycles. The Kier molecular flexibility index (Phi) is 8.43. The molecule has 42 heavy (non-hydrogen) atoms. The minimum atomic E-state index is -0.525.